The van der Waals surface area contributed by atoms with E-state index in [1.54, 1.807) is 0 Å². The summed E-state index contributed by atoms with van der Waals surface area (Å²) >= 11 is 0. The maximum atomic E-state index is 12.2. The van der Waals surface area contributed by atoms with Gasteiger partial charge < -0.3 is 15.1 Å². The largest absolute Gasteiger partial charge is 0.459 e. The smallest absolute Gasteiger partial charge is 0.275 e. The molecule has 0 spiro atoms. The second-order valence-electron chi connectivity index (χ2n) is 6.11. The first-order valence-electron chi connectivity index (χ1n) is 8.29. The molecule has 0 saturated carbocycles. The molecule has 4 nitrogen and oxygen atoms in total. The Bertz CT molecular complexity index is 778. The van der Waals surface area contributed by atoms with Gasteiger partial charge in [0.1, 0.15) is 17.4 Å². The molecule has 0 aliphatic heterocycles. The van der Waals surface area contributed by atoms with E-state index < -0.39 is 0 Å². The van der Waals surface area contributed by atoms with Crippen molar-refractivity contribution in [3.8, 4) is 0 Å². The summed E-state index contributed by atoms with van der Waals surface area (Å²) in [4.78, 5) is 12.2. The standard InChI is InChI=1S/C20H22N2O2/c1-14(16-8-4-3-5-9-16)21-13-20(23)22-15(2)19-12-17-10-6-7-11-18(17)24-19/h3-12,14-15,21H,13H2,1-2H3,(H,22,23)/p+1/t14-,15-/m1/s1. The maximum absolute atomic E-state index is 12.2. The molecule has 0 radical (unpaired) electrons. The van der Waals surface area contributed by atoms with Crippen LogP contribution in [0.15, 0.2) is 65.1 Å². The summed E-state index contributed by atoms with van der Waals surface area (Å²) in [5, 5.41) is 6.09. The zero-order valence-corrected chi connectivity index (χ0v) is 14.0. The maximum Gasteiger partial charge on any atom is 0.275 e. The average Bonchev–Trinajstić information content (AvgIpc) is 3.05. The van der Waals surface area contributed by atoms with Crippen molar-refractivity contribution in [3.63, 3.8) is 0 Å². The molecule has 0 bridgehead atoms. The van der Waals surface area contributed by atoms with Crippen LogP contribution in [0.4, 0.5) is 0 Å². The van der Waals surface area contributed by atoms with Gasteiger partial charge >= 0.3 is 0 Å². The molecule has 3 rings (SSSR count). The molecular weight excluding hydrogens is 300 g/mol. The monoisotopic (exact) mass is 323 g/mol. The van der Waals surface area contributed by atoms with E-state index in [0.717, 1.165) is 16.7 Å². The molecule has 4 heteroatoms. The highest BCUT2D eigenvalue weighted by Gasteiger charge is 2.16. The molecule has 3 aromatic rings. The van der Waals surface area contributed by atoms with E-state index in [-0.39, 0.29) is 18.0 Å². The number of quaternary nitrogens is 1. The van der Waals surface area contributed by atoms with E-state index in [4.69, 9.17) is 4.42 Å². The average molecular weight is 323 g/mol. The fourth-order valence-electron chi connectivity index (χ4n) is 2.76. The first-order chi connectivity index (χ1) is 11.6. The van der Waals surface area contributed by atoms with Crippen molar-refractivity contribution in [1.82, 2.24) is 5.32 Å². The third-order valence-corrected chi connectivity index (χ3v) is 4.23. The fourth-order valence-corrected chi connectivity index (χ4v) is 2.76. The quantitative estimate of drug-likeness (QED) is 0.733. The predicted molar refractivity (Wildman–Crippen MR) is 94.4 cm³/mol. The predicted octanol–water partition coefficient (Wildman–Crippen LogP) is 2.93. The number of carbonyl (C=O) groups excluding carboxylic acids is 1. The number of furan rings is 1. The molecule has 0 aliphatic carbocycles. The highest BCUT2D eigenvalue weighted by Crippen LogP contribution is 2.23. The second kappa shape index (κ2) is 7.32. The molecular formula is C20H23N2O2+. The topological polar surface area (TPSA) is 58.9 Å². The van der Waals surface area contributed by atoms with Crippen molar-refractivity contribution in [2.24, 2.45) is 0 Å². The van der Waals surface area contributed by atoms with Gasteiger partial charge in [0.2, 0.25) is 0 Å². The van der Waals surface area contributed by atoms with Crippen molar-refractivity contribution < 1.29 is 14.5 Å². The summed E-state index contributed by atoms with van der Waals surface area (Å²) in [5.41, 5.74) is 2.06. The first kappa shape index (κ1) is 16.3. The summed E-state index contributed by atoms with van der Waals surface area (Å²) in [6.07, 6.45) is 0. The number of para-hydroxylation sites is 1. The van der Waals surface area contributed by atoms with Crippen molar-refractivity contribution in [1.29, 1.82) is 0 Å². The number of amides is 1. The number of nitrogens with one attached hydrogen (secondary N) is 1. The normalized spacial score (nSPS) is 13.6. The molecule has 0 aliphatic rings. The Kier molecular flexibility index (Phi) is 4.96. The van der Waals surface area contributed by atoms with Crippen molar-refractivity contribution in [2.45, 2.75) is 25.9 Å². The number of hydrogen-bond acceptors (Lipinski definition) is 2. The number of hydrogen-bond donors (Lipinski definition) is 2. The highest BCUT2D eigenvalue weighted by atomic mass is 16.3. The van der Waals surface area contributed by atoms with Crippen LogP contribution in [0, 0.1) is 0 Å². The lowest BCUT2D eigenvalue weighted by Crippen LogP contribution is -2.87. The van der Waals surface area contributed by atoms with Crippen molar-refractivity contribution in [3.05, 3.63) is 72.0 Å². The number of nitrogens with two attached hydrogens (primary N) is 1. The van der Waals surface area contributed by atoms with E-state index >= 15 is 0 Å². The van der Waals surface area contributed by atoms with Crippen LogP contribution in [0.3, 0.4) is 0 Å². The van der Waals surface area contributed by atoms with Gasteiger partial charge in [-0.2, -0.15) is 0 Å². The van der Waals surface area contributed by atoms with E-state index in [2.05, 4.69) is 24.4 Å². The Morgan fingerprint density at radius 2 is 1.79 bits per heavy atom. The Hall–Kier alpha value is -2.59. The number of rotatable bonds is 6. The van der Waals surface area contributed by atoms with Gasteiger partial charge in [-0.05, 0) is 26.0 Å². The molecule has 2 aromatic carbocycles. The first-order valence-corrected chi connectivity index (χ1v) is 8.29. The SMILES string of the molecule is C[C@@H](NC(=O)C[NH2+][C@H](C)c1ccccc1)c1cc2ccccc2o1. The molecule has 0 unspecified atom stereocenters. The molecule has 1 amide bonds. The molecule has 2 atom stereocenters. The highest BCUT2D eigenvalue weighted by molar-refractivity contribution is 5.79. The minimum Gasteiger partial charge on any atom is -0.459 e. The Labute approximate surface area is 141 Å². The summed E-state index contributed by atoms with van der Waals surface area (Å²) in [6.45, 7) is 4.43. The minimum absolute atomic E-state index is 0.00531. The molecule has 0 fully saturated rings. The summed E-state index contributed by atoms with van der Waals surface area (Å²) in [6, 6.07) is 20.1. The lowest BCUT2D eigenvalue weighted by atomic mass is 10.1. The van der Waals surface area contributed by atoms with Gasteiger partial charge in [0.05, 0.1) is 6.04 Å². The van der Waals surface area contributed by atoms with Gasteiger partial charge in [-0.15, -0.1) is 0 Å². The van der Waals surface area contributed by atoms with Gasteiger partial charge in [0.25, 0.3) is 5.91 Å². The Morgan fingerprint density at radius 1 is 1.08 bits per heavy atom. The molecule has 1 heterocycles. The summed E-state index contributed by atoms with van der Waals surface area (Å²) in [5.74, 6) is 0.784. The number of carbonyl (C=O) groups is 1. The van der Waals surface area contributed by atoms with Crippen LogP contribution in [-0.4, -0.2) is 12.5 Å². The lowest BCUT2D eigenvalue weighted by Gasteiger charge is -2.13. The van der Waals surface area contributed by atoms with Crippen LogP contribution in [0.25, 0.3) is 11.0 Å². The Morgan fingerprint density at radius 3 is 2.54 bits per heavy atom. The van der Waals surface area contributed by atoms with Crippen LogP contribution in [0.5, 0.6) is 0 Å². The van der Waals surface area contributed by atoms with Crippen LogP contribution >= 0.6 is 0 Å². The van der Waals surface area contributed by atoms with Gasteiger partial charge in [-0.1, -0.05) is 48.5 Å². The zero-order valence-electron chi connectivity index (χ0n) is 14.0. The van der Waals surface area contributed by atoms with E-state index in [0.29, 0.717) is 6.54 Å². The third kappa shape index (κ3) is 3.84. The lowest BCUT2D eigenvalue weighted by molar-refractivity contribution is -0.682. The van der Waals surface area contributed by atoms with Crippen LogP contribution in [0.2, 0.25) is 0 Å². The second-order valence-corrected chi connectivity index (χ2v) is 6.11. The van der Waals surface area contributed by atoms with Crippen LogP contribution in [0.1, 0.15) is 37.3 Å². The van der Waals surface area contributed by atoms with Crippen LogP contribution < -0.4 is 10.6 Å². The summed E-state index contributed by atoms with van der Waals surface area (Å²) in [7, 11) is 0. The molecule has 124 valence electrons. The zero-order chi connectivity index (χ0) is 16.9. The molecule has 0 saturated heterocycles. The molecule has 3 N–H and O–H groups in total. The van der Waals surface area contributed by atoms with E-state index in [9.17, 15) is 4.79 Å². The Balaban J connectivity index is 1.54. The van der Waals surface area contributed by atoms with Gasteiger partial charge in [0, 0.05) is 10.9 Å². The fraction of sp³-hybridized carbons (Fsp3) is 0.250. The summed E-state index contributed by atoms with van der Waals surface area (Å²) < 4.78 is 5.80. The van der Waals surface area contributed by atoms with Crippen LogP contribution in [-0.2, 0) is 4.79 Å². The molecule has 1 aromatic heterocycles. The van der Waals surface area contributed by atoms with Gasteiger partial charge in [-0.25, -0.2) is 0 Å². The number of benzene rings is 2. The van der Waals surface area contributed by atoms with Gasteiger partial charge in [-0.3, -0.25) is 4.79 Å². The number of fused-ring (bicyclic) bond motifs is 1. The van der Waals surface area contributed by atoms with E-state index in [1.165, 1.54) is 5.56 Å². The van der Waals surface area contributed by atoms with Gasteiger partial charge in [0.15, 0.2) is 6.54 Å². The minimum atomic E-state index is -0.148. The van der Waals surface area contributed by atoms with E-state index in [1.807, 2.05) is 60.8 Å². The molecule has 24 heavy (non-hydrogen) atoms. The van der Waals surface area contributed by atoms with Crippen molar-refractivity contribution in [2.75, 3.05) is 6.54 Å². The van der Waals surface area contributed by atoms with Crippen molar-refractivity contribution >= 4 is 16.9 Å². The third-order valence-electron chi connectivity index (χ3n) is 4.23.